The Morgan fingerprint density at radius 3 is 3.17 bits per heavy atom. The second kappa shape index (κ2) is 4.64. The molecule has 0 spiro atoms. The van der Waals surface area contributed by atoms with E-state index in [1.54, 1.807) is 0 Å². The van der Waals surface area contributed by atoms with Gasteiger partial charge in [0.25, 0.3) is 0 Å². The van der Waals surface area contributed by atoms with Crippen molar-refractivity contribution in [3.05, 3.63) is 12.3 Å². The summed E-state index contributed by atoms with van der Waals surface area (Å²) >= 11 is 0. The number of amides is 2. The molecule has 1 heterocycles. The predicted octanol–water partition coefficient (Wildman–Crippen LogP) is 0.529. The summed E-state index contributed by atoms with van der Waals surface area (Å²) in [6.45, 7) is 2.56. The van der Waals surface area contributed by atoms with Crippen LogP contribution in [0.15, 0.2) is 12.3 Å². The summed E-state index contributed by atoms with van der Waals surface area (Å²) in [7, 11) is 0. The SMILES string of the molecule is CCNC(=O)NC1CCC=CN1. The van der Waals surface area contributed by atoms with Gasteiger partial charge in [-0.2, -0.15) is 0 Å². The van der Waals surface area contributed by atoms with Crippen LogP contribution in [0.25, 0.3) is 0 Å². The van der Waals surface area contributed by atoms with Crippen molar-refractivity contribution < 1.29 is 4.79 Å². The fourth-order valence-corrected chi connectivity index (χ4v) is 1.10. The number of allylic oxidation sites excluding steroid dienone is 1. The Kier molecular flexibility index (Phi) is 3.44. The number of carbonyl (C=O) groups is 1. The zero-order valence-corrected chi connectivity index (χ0v) is 7.26. The lowest BCUT2D eigenvalue weighted by Crippen LogP contribution is -2.48. The van der Waals surface area contributed by atoms with Gasteiger partial charge in [-0.3, -0.25) is 0 Å². The molecule has 0 aromatic carbocycles. The van der Waals surface area contributed by atoms with Gasteiger partial charge in [0, 0.05) is 6.54 Å². The molecule has 1 atom stereocenters. The van der Waals surface area contributed by atoms with E-state index in [9.17, 15) is 4.79 Å². The Bertz CT molecular complexity index is 179. The number of urea groups is 1. The van der Waals surface area contributed by atoms with E-state index in [2.05, 4.69) is 22.0 Å². The van der Waals surface area contributed by atoms with Crippen LogP contribution in [0, 0.1) is 0 Å². The molecular formula is C8H15N3O. The largest absolute Gasteiger partial charge is 0.372 e. The minimum Gasteiger partial charge on any atom is -0.372 e. The molecule has 4 nitrogen and oxygen atoms in total. The van der Waals surface area contributed by atoms with E-state index in [1.165, 1.54) is 0 Å². The molecule has 1 unspecified atom stereocenters. The van der Waals surface area contributed by atoms with Gasteiger partial charge in [-0.25, -0.2) is 4.79 Å². The van der Waals surface area contributed by atoms with Crippen molar-refractivity contribution in [3.8, 4) is 0 Å². The van der Waals surface area contributed by atoms with E-state index in [4.69, 9.17) is 0 Å². The molecule has 0 aromatic rings. The van der Waals surface area contributed by atoms with Crippen molar-refractivity contribution in [2.75, 3.05) is 6.54 Å². The number of nitrogens with one attached hydrogen (secondary N) is 3. The minimum absolute atomic E-state index is 0.0848. The second-order valence-corrected chi connectivity index (χ2v) is 2.70. The highest BCUT2D eigenvalue weighted by molar-refractivity contribution is 5.74. The van der Waals surface area contributed by atoms with Crippen LogP contribution in [-0.2, 0) is 0 Å². The number of carbonyl (C=O) groups excluding carboxylic acids is 1. The Labute approximate surface area is 72.4 Å². The number of rotatable bonds is 2. The molecule has 4 heteroatoms. The summed E-state index contributed by atoms with van der Waals surface area (Å²) in [5.74, 6) is 0. The third-order valence-corrected chi connectivity index (χ3v) is 1.68. The molecule has 2 amide bonds. The summed E-state index contributed by atoms with van der Waals surface area (Å²) in [5.41, 5.74) is 0. The summed E-state index contributed by atoms with van der Waals surface area (Å²) < 4.78 is 0. The van der Waals surface area contributed by atoms with Gasteiger partial charge in [-0.1, -0.05) is 6.08 Å². The molecule has 0 saturated carbocycles. The van der Waals surface area contributed by atoms with Crippen LogP contribution in [0.4, 0.5) is 4.79 Å². The molecule has 0 fully saturated rings. The molecule has 3 N–H and O–H groups in total. The van der Waals surface area contributed by atoms with E-state index in [-0.39, 0.29) is 12.2 Å². The van der Waals surface area contributed by atoms with Gasteiger partial charge in [0.2, 0.25) is 0 Å². The topological polar surface area (TPSA) is 53.2 Å². The monoisotopic (exact) mass is 169 g/mol. The Balaban J connectivity index is 2.21. The van der Waals surface area contributed by atoms with Crippen molar-refractivity contribution in [3.63, 3.8) is 0 Å². The van der Waals surface area contributed by atoms with Crippen molar-refractivity contribution in [1.82, 2.24) is 16.0 Å². The molecule has 0 saturated heterocycles. The van der Waals surface area contributed by atoms with E-state index >= 15 is 0 Å². The average Bonchev–Trinajstić information content (AvgIpc) is 2.06. The van der Waals surface area contributed by atoms with Crippen LogP contribution in [0.2, 0.25) is 0 Å². The van der Waals surface area contributed by atoms with Crippen LogP contribution >= 0.6 is 0 Å². The van der Waals surface area contributed by atoms with Gasteiger partial charge < -0.3 is 16.0 Å². The number of hydrogen-bond donors (Lipinski definition) is 3. The van der Waals surface area contributed by atoms with Crippen LogP contribution < -0.4 is 16.0 Å². The normalized spacial score (nSPS) is 21.2. The number of hydrogen-bond acceptors (Lipinski definition) is 2. The molecule has 0 bridgehead atoms. The van der Waals surface area contributed by atoms with Gasteiger partial charge in [-0.05, 0) is 26.0 Å². The molecule has 1 rings (SSSR count). The first kappa shape index (κ1) is 8.90. The van der Waals surface area contributed by atoms with Gasteiger partial charge >= 0.3 is 6.03 Å². The first-order chi connectivity index (χ1) is 5.83. The summed E-state index contributed by atoms with van der Waals surface area (Å²) in [5, 5.41) is 8.54. The van der Waals surface area contributed by atoms with Crippen molar-refractivity contribution >= 4 is 6.03 Å². The first-order valence-electron chi connectivity index (χ1n) is 4.28. The first-order valence-corrected chi connectivity index (χ1v) is 4.28. The zero-order valence-electron chi connectivity index (χ0n) is 7.26. The lowest BCUT2D eigenvalue weighted by atomic mass is 10.2. The fraction of sp³-hybridized carbons (Fsp3) is 0.625. The standard InChI is InChI=1S/C8H15N3O/c1-2-9-8(12)11-7-5-3-4-6-10-7/h4,6-7,10H,2-3,5H2,1H3,(H2,9,11,12). The summed E-state index contributed by atoms with van der Waals surface area (Å²) in [6.07, 6.45) is 5.98. The van der Waals surface area contributed by atoms with Gasteiger partial charge in [-0.15, -0.1) is 0 Å². The highest BCUT2D eigenvalue weighted by atomic mass is 16.2. The molecule has 68 valence electrons. The smallest absolute Gasteiger partial charge is 0.316 e. The van der Waals surface area contributed by atoms with E-state index < -0.39 is 0 Å². The lowest BCUT2D eigenvalue weighted by molar-refractivity contribution is 0.235. The van der Waals surface area contributed by atoms with Crippen LogP contribution in [-0.4, -0.2) is 18.7 Å². The van der Waals surface area contributed by atoms with Gasteiger partial charge in [0.1, 0.15) is 6.17 Å². The highest BCUT2D eigenvalue weighted by Crippen LogP contribution is 2.00. The maximum atomic E-state index is 11.0. The highest BCUT2D eigenvalue weighted by Gasteiger charge is 2.10. The third-order valence-electron chi connectivity index (χ3n) is 1.68. The van der Waals surface area contributed by atoms with Crippen LogP contribution in [0.3, 0.4) is 0 Å². The minimum atomic E-state index is -0.106. The molecule has 0 aromatic heterocycles. The van der Waals surface area contributed by atoms with E-state index in [1.807, 2.05) is 13.1 Å². The molecule has 12 heavy (non-hydrogen) atoms. The maximum Gasteiger partial charge on any atom is 0.316 e. The maximum absolute atomic E-state index is 11.0. The van der Waals surface area contributed by atoms with Crippen molar-refractivity contribution in [2.45, 2.75) is 25.9 Å². The van der Waals surface area contributed by atoms with Crippen molar-refractivity contribution in [1.29, 1.82) is 0 Å². The van der Waals surface area contributed by atoms with E-state index in [0.29, 0.717) is 6.54 Å². The Morgan fingerprint density at radius 1 is 1.75 bits per heavy atom. The predicted molar refractivity (Wildman–Crippen MR) is 47.5 cm³/mol. The second-order valence-electron chi connectivity index (χ2n) is 2.70. The van der Waals surface area contributed by atoms with Crippen LogP contribution in [0.1, 0.15) is 19.8 Å². The average molecular weight is 169 g/mol. The van der Waals surface area contributed by atoms with Gasteiger partial charge in [0.05, 0.1) is 0 Å². The quantitative estimate of drug-likeness (QED) is 0.564. The Morgan fingerprint density at radius 2 is 2.58 bits per heavy atom. The lowest BCUT2D eigenvalue weighted by Gasteiger charge is -2.21. The molecule has 1 aliphatic rings. The van der Waals surface area contributed by atoms with Crippen molar-refractivity contribution in [2.24, 2.45) is 0 Å². The fourth-order valence-electron chi connectivity index (χ4n) is 1.10. The van der Waals surface area contributed by atoms with E-state index in [0.717, 1.165) is 12.8 Å². The molecule has 0 radical (unpaired) electrons. The Hall–Kier alpha value is -1.19. The summed E-state index contributed by atoms with van der Waals surface area (Å²) in [4.78, 5) is 11.0. The molecule has 1 aliphatic heterocycles. The zero-order chi connectivity index (χ0) is 8.81. The summed E-state index contributed by atoms with van der Waals surface area (Å²) in [6, 6.07) is -0.106. The van der Waals surface area contributed by atoms with Crippen LogP contribution in [0.5, 0.6) is 0 Å². The third kappa shape index (κ3) is 2.82. The molecular weight excluding hydrogens is 154 g/mol. The molecule has 0 aliphatic carbocycles. The van der Waals surface area contributed by atoms with Gasteiger partial charge in [0.15, 0.2) is 0 Å².